The lowest BCUT2D eigenvalue weighted by Crippen LogP contribution is -2.36. The molecule has 724 valence electrons. The maximum absolute atomic E-state index is 13.3. The number of carboxylic acid groups (broad SMARTS) is 2. The molecule has 2 saturated heterocycles. The van der Waals surface area contributed by atoms with Gasteiger partial charge < -0.3 is 131 Å². The van der Waals surface area contributed by atoms with E-state index in [-0.39, 0.29) is 152 Å². The Balaban J connectivity index is 0.000000261. The third-order valence-corrected chi connectivity index (χ3v) is 27.3. The van der Waals surface area contributed by atoms with Crippen molar-refractivity contribution in [2.45, 2.75) is 100 Å². The molecule has 52 nitrogen and oxygen atoms in total. The van der Waals surface area contributed by atoms with Crippen LogP contribution in [0.4, 0.5) is 11.6 Å². The summed E-state index contributed by atoms with van der Waals surface area (Å²) in [4.78, 5) is 206. The number of amides is 4. The molecule has 136 heavy (non-hydrogen) atoms. The van der Waals surface area contributed by atoms with Crippen molar-refractivity contribution in [2.24, 2.45) is 0 Å². The first kappa shape index (κ1) is 104. The van der Waals surface area contributed by atoms with Gasteiger partial charge in [0.2, 0.25) is 11.8 Å². The predicted octanol–water partition coefficient (Wildman–Crippen LogP) is 3.06. The second-order valence-corrected chi connectivity index (χ2v) is 38.2. The summed E-state index contributed by atoms with van der Waals surface area (Å²) in [6, 6.07) is 25.0. The molecule has 6 aromatic rings. The number of unbranched alkanes of at least 4 members (excludes halogenated alkanes) is 4. The van der Waals surface area contributed by atoms with Crippen LogP contribution in [0.1, 0.15) is 116 Å². The number of carbonyl (C=O) groups is 6. The van der Waals surface area contributed by atoms with Crippen molar-refractivity contribution >= 4 is 116 Å². The zero-order chi connectivity index (χ0) is 99.4. The number of aromatic carboxylic acids is 2. The number of aromatic nitrogens is 4. The van der Waals surface area contributed by atoms with Crippen molar-refractivity contribution in [3.63, 3.8) is 0 Å². The molecular formula is C78H80N10O42P6. The molecule has 58 heteroatoms. The minimum absolute atomic E-state index is 0.0715. The summed E-state index contributed by atoms with van der Waals surface area (Å²) >= 11 is 0. The van der Waals surface area contributed by atoms with Gasteiger partial charge in [-0.1, -0.05) is 42.6 Å². The van der Waals surface area contributed by atoms with E-state index in [9.17, 15) is 136 Å². The van der Waals surface area contributed by atoms with Gasteiger partial charge in [0, 0.05) is 107 Å². The second-order valence-electron chi connectivity index (χ2n) is 29.4. The van der Waals surface area contributed by atoms with Crippen LogP contribution < -0.4 is 55.0 Å². The number of nitrogen functional groups attached to an aromatic ring is 2. The molecule has 0 bridgehead atoms. The van der Waals surface area contributed by atoms with Gasteiger partial charge in [-0.2, -0.15) is 27.2 Å². The number of aliphatic hydroxyl groups is 4. The molecule has 24 N–H and O–H groups in total. The van der Waals surface area contributed by atoms with Crippen molar-refractivity contribution in [1.82, 2.24) is 40.4 Å². The van der Waals surface area contributed by atoms with Crippen LogP contribution in [0.3, 0.4) is 0 Å². The maximum Gasteiger partial charge on any atom is 0.490 e. The number of nitrogens with two attached hydrogens (primary N) is 2. The highest BCUT2D eigenvalue weighted by atomic mass is 31.3. The Morgan fingerprint density at radius 3 is 1.25 bits per heavy atom. The molecule has 12 atom stereocenters. The van der Waals surface area contributed by atoms with E-state index in [1.165, 1.54) is 97.1 Å². The summed E-state index contributed by atoms with van der Waals surface area (Å²) in [6.45, 7) is -2.24. The number of phenols is 2. The van der Waals surface area contributed by atoms with Crippen LogP contribution in [0.15, 0.2) is 150 Å². The van der Waals surface area contributed by atoms with Crippen molar-refractivity contribution < 1.29 is 181 Å². The van der Waals surface area contributed by atoms with Crippen molar-refractivity contribution in [3.05, 3.63) is 196 Å². The maximum atomic E-state index is 13.3. The van der Waals surface area contributed by atoms with Gasteiger partial charge in [0.1, 0.15) is 82.4 Å². The molecule has 4 amide bonds. The molecule has 2 fully saturated rings. The van der Waals surface area contributed by atoms with Gasteiger partial charge in [-0.05, 0) is 116 Å². The number of phenolic OH excluding ortho intramolecular Hbond substituents is 2. The number of phosphoric acid groups is 6. The van der Waals surface area contributed by atoms with Crippen LogP contribution >= 0.6 is 46.9 Å². The van der Waals surface area contributed by atoms with Gasteiger partial charge in [-0.3, -0.25) is 46.9 Å². The van der Waals surface area contributed by atoms with E-state index >= 15 is 0 Å². The van der Waals surface area contributed by atoms with E-state index < -0.39 is 144 Å². The predicted molar refractivity (Wildman–Crippen MR) is 465 cm³/mol. The number of carboxylic acids is 2. The Kier molecular flexibility index (Phi) is 33.6. The first-order valence-electron chi connectivity index (χ1n) is 39.4. The molecule has 6 aliphatic rings. The van der Waals surface area contributed by atoms with Gasteiger partial charge in [0.15, 0.2) is 23.3 Å². The number of nitrogens with one attached hydrogen (secondary N) is 4. The number of benzene rings is 6. The van der Waals surface area contributed by atoms with Crippen LogP contribution in [0.5, 0.6) is 11.5 Å². The fourth-order valence-corrected chi connectivity index (χ4v) is 19.7. The van der Waals surface area contributed by atoms with Crippen LogP contribution in [-0.4, -0.2) is 211 Å². The van der Waals surface area contributed by atoms with Crippen molar-refractivity contribution in [3.8, 4) is 80.1 Å². The number of anilines is 2. The molecule has 6 heterocycles. The SMILES string of the molecule is Nc1nc(=O)n([C@@H]2O[C@H](COP(=O)(O)OP(=O)(O)OP(=O)(O)O)[C@@H](O)[C@H]2O)cc1C#CCNC(=O)CCCCCNC(=O)c1ccc(-c2c3ccc(=O)cc-3oc3cc(O)ccc23)c(C(=O)O)c1.Nc1nc(=O)n([C@@H]2O[C@H](COP(=O)(O)OP(=O)(O)OP(=O)(O)O)[C@@H](O)[C@H]2O)cc1C#CCNC(=O)CCCCCNC(=O)c1ccc(C(=O)O)c(-c2c3ccc(=O)cc-3oc3cc(O)ccc23)c1. The number of aromatic hydroxyl groups is 2. The quantitative estimate of drug-likeness (QED) is 0.0116. The largest absolute Gasteiger partial charge is 0.508 e. The molecule has 0 saturated carbocycles. The molecule has 2 aliphatic carbocycles. The summed E-state index contributed by atoms with van der Waals surface area (Å²) in [5.41, 5.74) is 10.9. The monoisotopic (exact) mass is 2010 g/mol. The van der Waals surface area contributed by atoms with E-state index in [0.29, 0.717) is 80.7 Å². The van der Waals surface area contributed by atoms with E-state index in [2.05, 4.69) is 81.2 Å². The number of carbonyl (C=O) groups excluding carboxylic acids is 4. The Morgan fingerprint density at radius 2 is 0.838 bits per heavy atom. The van der Waals surface area contributed by atoms with E-state index in [1.807, 2.05) is 0 Å². The third-order valence-electron chi connectivity index (χ3n) is 19.7. The Labute approximate surface area is 761 Å². The minimum Gasteiger partial charge on any atom is -0.508 e. The third kappa shape index (κ3) is 27.6. The van der Waals surface area contributed by atoms with Crippen LogP contribution in [0.25, 0.3) is 66.8 Å². The zero-order valence-electron chi connectivity index (χ0n) is 69.5. The van der Waals surface area contributed by atoms with Crippen molar-refractivity contribution in [2.75, 3.05) is 50.9 Å². The van der Waals surface area contributed by atoms with E-state index in [4.69, 9.17) is 49.3 Å². The molecule has 0 spiro atoms. The molecule has 0 radical (unpaired) electrons. The van der Waals surface area contributed by atoms with E-state index in [1.54, 1.807) is 12.1 Å². The molecule has 12 rings (SSSR count). The average molecular weight is 2020 g/mol. The lowest BCUT2D eigenvalue weighted by atomic mass is 9.89. The highest BCUT2D eigenvalue weighted by Crippen LogP contribution is 2.68. The molecule has 2 aromatic heterocycles. The highest BCUT2D eigenvalue weighted by molar-refractivity contribution is 7.67. The molecular weight excluding hydrogens is 1930 g/mol. The smallest absolute Gasteiger partial charge is 0.490 e. The molecule has 4 aliphatic heterocycles. The highest BCUT2D eigenvalue weighted by Gasteiger charge is 2.49. The standard InChI is InChI=1S/2C39H40N5O21P3/c40-35-21(18-44(39(53)43-35)37-34(49)33(48)30(63-37)19-61-67(57,58)65-68(59,60)64-66(54,55)56)5-4-14-41-31(47)6-2-1-3-13-42-36(50)20-7-10-24(38(51)52)27(15-20)32-25-11-8-22(45)16-28(25)62-29-17-23(46)9-12-26(29)32;40-35-21(18-44(39(53)43-35)37-34(49)33(48)30(63-37)19-61-67(57,58)65-68(59,60)64-66(54,55)56)5-4-14-41-31(47)6-2-1-3-13-42-36(50)20-7-10-24(27(15-20)38(51)52)32-25-11-8-22(45)16-28(25)62-29-17-23(46)9-12-26(29)32/h2*7-12,15-18,30,33-34,37,45,48-49H,1-3,6,13-14,19H2,(H,41,47)(H,42,50)(H,51,52)(H,57,58)(H,59,60)(H2,40,43,53)(H2,54,55,56)/t2*30-,33-,34-,37-/m11/s1. The summed E-state index contributed by atoms with van der Waals surface area (Å²) in [7, 11) is -34.3. The number of fused-ring (bicyclic) bond motifs is 4. The molecule has 4 unspecified atom stereocenters. The summed E-state index contributed by atoms with van der Waals surface area (Å²) in [5.74, 6) is 5.42. The number of aliphatic hydroxyl groups excluding tert-OH is 4. The van der Waals surface area contributed by atoms with Crippen LogP contribution in [0.2, 0.25) is 0 Å². The van der Waals surface area contributed by atoms with Gasteiger partial charge in [-0.25, -0.2) is 46.6 Å². The Morgan fingerprint density at radius 1 is 0.441 bits per heavy atom. The first-order chi connectivity index (χ1) is 63.8. The Bertz CT molecular complexity index is 6960. The summed E-state index contributed by atoms with van der Waals surface area (Å²) < 4.78 is 116. The summed E-state index contributed by atoms with van der Waals surface area (Å²) in [5, 5.41) is 94.0. The first-order valence-corrected chi connectivity index (χ1v) is 48.5. The van der Waals surface area contributed by atoms with Crippen LogP contribution in [0, 0.1) is 23.7 Å². The van der Waals surface area contributed by atoms with Gasteiger partial charge >= 0.3 is 70.3 Å². The summed E-state index contributed by atoms with van der Waals surface area (Å²) in [6.07, 6.45) is -9.51. The number of phosphoric ester groups is 2. The fourth-order valence-electron chi connectivity index (χ4n) is 13.6. The number of hydrogen-bond acceptors (Lipinski definition) is 36. The lowest BCUT2D eigenvalue weighted by molar-refractivity contribution is -0.121. The minimum atomic E-state index is -5.85. The average Bonchev–Trinajstić information content (AvgIpc) is 0.885. The number of nitrogens with zero attached hydrogens (tertiary/aromatic N) is 4. The second kappa shape index (κ2) is 43.8. The van der Waals surface area contributed by atoms with Gasteiger partial charge in [0.25, 0.3) is 11.8 Å². The fraction of sp³-hybridized carbons (Fsp3) is 0.282. The Hall–Kier alpha value is -12.3. The number of ether oxygens (including phenoxy) is 2. The number of hydrogen-bond donors (Lipinski definition) is 22. The zero-order valence-corrected chi connectivity index (χ0v) is 74.8. The van der Waals surface area contributed by atoms with Crippen LogP contribution in [-0.2, 0) is 72.7 Å². The molecule has 4 aromatic carbocycles. The van der Waals surface area contributed by atoms with Gasteiger partial charge in [-0.15, -0.1) is 0 Å². The topological polar surface area (TPSA) is 833 Å². The normalized spacial score (nSPS) is 18.9. The lowest BCUT2D eigenvalue weighted by Gasteiger charge is -2.19. The van der Waals surface area contributed by atoms with E-state index in [0.717, 1.165) is 12.4 Å². The van der Waals surface area contributed by atoms with Gasteiger partial charge in [0.05, 0.1) is 48.6 Å². The number of rotatable bonds is 36. The van der Waals surface area contributed by atoms with Crippen molar-refractivity contribution in [1.29, 1.82) is 0 Å².